The average molecular weight is 449 g/mol. The summed E-state index contributed by atoms with van der Waals surface area (Å²) in [4.78, 5) is 14.1. The zero-order valence-electron chi connectivity index (χ0n) is 17.6. The van der Waals surface area contributed by atoms with Crippen LogP contribution in [0.3, 0.4) is 0 Å². The Morgan fingerprint density at radius 3 is 2.16 bits per heavy atom. The molecule has 2 N–H and O–H groups in total. The number of phenols is 1. The summed E-state index contributed by atoms with van der Waals surface area (Å²) in [6.45, 7) is 0. The lowest BCUT2D eigenvalue weighted by atomic mass is 10.1. The lowest BCUT2D eigenvalue weighted by Gasteiger charge is -2.17. The first-order valence-corrected chi connectivity index (χ1v) is 11.7. The fraction of sp³-hybridized carbons (Fsp3) is 0.160. The molecule has 0 aliphatic heterocycles. The maximum atomic E-state index is 12.8. The minimum Gasteiger partial charge on any atom is -0.508 e. The first-order valence-electron chi connectivity index (χ1n) is 10.3. The second-order valence-electron chi connectivity index (χ2n) is 7.81. The standard InChI is InChI=1S/C25H24N2O4S/c1-27(25(29)15-8-18-6-11-23(28)12-7-18)22-9-13-24(14-10-22)32(30,31)26-21-16-19-4-2-3-5-20(19)17-21/h2-15,21,26,28H,16-17H2,1H3. The van der Waals surface area contributed by atoms with E-state index in [4.69, 9.17) is 0 Å². The number of phenolic OH excluding ortho intramolecular Hbond substituents is 1. The molecule has 0 spiro atoms. The van der Waals surface area contributed by atoms with Gasteiger partial charge in [0.25, 0.3) is 5.91 Å². The van der Waals surface area contributed by atoms with Crippen LogP contribution in [-0.2, 0) is 27.7 Å². The number of nitrogens with one attached hydrogen (secondary N) is 1. The van der Waals surface area contributed by atoms with E-state index < -0.39 is 10.0 Å². The van der Waals surface area contributed by atoms with Crippen LogP contribution in [0.1, 0.15) is 16.7 Å². The lowest BCUT2D eigenvalue weighted by Crippen LogP contribution is -2.35. The molecule has 3 aromatic rings. The Morgan fingerprint density at radius 1 is 0.969 bits per heavy atom. The molecule has 1 aliphatic carbocycles. The Hall–Kier alpha value is -3.42. The van der Waals surface area contributed by atoms with E-state index in [1.54, 1.807) is 49.5 Å². The summed E-state index contributed by atoms with van der Waals surface area (Å²) in [5.41, 5.74) is 3.72. The van der Waals surface area contributed by atoms with Gasteiger partial charge >= 0.3 is 0 Å². The van der Waals surface area contributed by atoms with Crippen molar-refractivity contribution in [3.8, 4) is 5.75 Å². The smallest absolute Gasteiger partial charge is 0.250 e. The highest BCUT2D eigenvalue weighted by Gasteiger charge is 2.26. The van der Waals surface area contributed by atoms with Crippen molar-refractivity contribution in [2.24, 2.45) is 0 Å². The molecule has 0 bridgehead atoms. The third-order valence-electron chi connectivity index (χ3n) is 5.55. The Labute approximate surface area is 187 Å². The van der Waals surface area contributed by atoms with Crippen molar-refractivity contribution in [2.45, 2.75) is 23.8 Å². The number of aromatic hydroxyl groups is 1. The van der Waals surface area contributed by atoms with Crippen LogP contribution in [0.25, 0.3) is 6.08 Å². The van der Waals surface area contributed by atoms with Crippen LogP contribution in [0, 0.1) is 0 Å². The van der Waals surface area contributed by atoms with E-state index >= 15 is 0 Å². The topological polar surface area (TPSA) is 86.7 Å². The molecule has 0 saturated carbocycles. The van der Waals surface area contributed by atoms with Gasteiger partial charge in [-0.3, -0.25) is 4.79 Å². The number of sulfonamides is 1. The van der Waals surface area contributed by atoms with Crippen LogP contribution < -0.4 is 9.62 Å². The summed E-state index contributed by atoms with van der Waals surface area (Å²) < 4.78 is 28.4. The van der Waals surface area contributed by atoms with E-state index in [0.29, 0.717) is 18.5 Å². The number of amides is 1. The predicted molar refractivity (Wildman–Crippen MR) is 125 cm³/mol. The van der Waals surface area contributed by atoms with E-state index in [2.05, 4.69) is 4.72 Å². The molecule has 164 valence electrons. The predicted octanol–water partition coefficient (Wildman–Crippen LogP) is 3.51. The van der Waals surface area contributed by atoms with Gasteiger partial charge in [-0.15, -0.1) is 0 Å². The molecule has 32 heavy (non-hydrogen) atoms. The SMILES string of the molecule is CN(C(=O)C=Cc1ccc(O)cc1)c1ccc(S(=O)(=O)NC2Cc3ccccc3C2)cc1. The number of likely N-dealkylation sites (N-methyl/N-ethyl adjacent to an activating group) is 1. The van der Waals surface area contributed by atoms with Gasteiger partial charge in [-0.1, -0.05) is 36.4 Å². The van der Waals surface area contributed by atoms with Gasteiger partial charge in [0, 0.05) is 24.9 Å². The maximum Gasteiger partial charge on any atom is 0.250 e. The minimum absolute atomic E-state index is 0.160. The molecule has 0 heterocycles. The van der Waals surface area contributed by atoms with Crippen LogP contribution in [0.2, 0.25) is 0 Å². The molecule has 1 amide bonds. The van der Waals surface area contributed by atoms with Crippen molar-refractivity contribution in [1.29, 1.82) is 0 Å². The minimum atomic E-state index is -3.66. The number of hydrogen-bond acceptors (Lipinski definition) is 4. The Bertz CT molecular complexity index is 1220. The number of carbonyl (C=O) groups is 1. The van der Waals surface area contributed by atoms with E-state index in [0.717, 1.165) is 5.56 Å². The zero-order chi connectivity index (χ0) is 22.7. The van der Waals surface area contributed by atoms with Gasteiger partial charge < -0.3 is 10.0 Å². The Balaban J connectivity index is 1.40. The number of anilines is 1. The molecular weight excluding hydrogens is 424 g/mol. The van der Waals surface area contributed by atoms with Crippen LogP contribution in [0.5, 0.6) is 5.75 Å². The van der Waals surface area contributed by atoms with Gasteiger partial charge in [-0.25, -0.2) is 13.1 Å². The summed E-state index contributed by atoms with van der Waals surface area (Å²) in [6, 6.07) is 20.6. The van der Waals surface area contributed by atoms with Gasteiger partial charge in [-0.05, 0) is 72.0 Å². The van der Waals surface area contributed by atoms with E-state index in [1.807, 2.05) is 24.3 Å². The largest absolute Gasteiger partial charge is 0.508 e. The monoisotopic (exact) mass is 448 g/mol. The van der Waals surface area contributed by atoms with Crippen molar-refractivity contribution < 1.29 is 18.3 Å². The van der Waals surface area contributed by atoms with E-state index in [9.17, 15) is 18.3 Å². The summed E-state index contributed by atoms with van der Waals surface area (Å²) in [5, 5.41) is 9.32. The summed E-state index contributed by atoms with van der Waals surface area (Å²) in [7, 11) is -2.04. The highest BCUT2D eigenvalue weighted by Crippen LogP contribution is 2.24. The maximum absolute atomic E-state index is 12.8. The Morgan fingerprint density at radius 2 is 1.56 bits per heavy atom. The van der Waals surface area contributed by atoms with Crippen molar-refractivity contribution >= 4 is 27.7 Å². The normalized spacial score (nSPS) is 13.9. The number of rotatable bonds is 6. The van der Waals surface area contributed by atoms with Crippen LogP contribution in [-0.4, -0.2) is 32.5 Å². The molecule has 0 radical (unpaired) electrons. The van der Waals surface area contributed by atoms with Gasteiger partial charge in [0.2, 0.25) is 10.0 Å². The summed E-state index contributed by atoms with van der Waals surface area (Å²) >= 11 is 0. The third kappa shape index (κ3) is 4.90. The molecule has 0 fully saturated rings. The number of nitrogens with zero attached hydrogens (tertiary/aromatic N) is 1. The van der Waals surface area contributed by atoms with Crippen molar-refractivity contribution in [1.82, 2.24) is 4.72 Å². The second-order valence-corrected chi connectivity index (χ2v) is 9.53. The molecule has 4 rings (SSSR count). The number of hydrogen-bond donors (Lipinski definition) is 2. The first-order chi connectivity index (χ1) is 15.3. The third-order valence-corrected chi connectivity index (χ3v) is 7.09. The fourth-order valence-corrected chi connectivity index (χ4v) is 5.01. The highest BCUT2D eigenvalue weighted by atomic mass is 32.2. The fourth-order valence-electron chi connectivity index (χ4n) is 3.77. The molecule has 3 aromatic carbocycles. The van der Waals surface area contributed by atoms with E-state index in [-0.39, 0.29) is 22.6 Å². The average Bonchev–Trinajstić information content (AvgIpc) is 3.19. The number of fused-ring (bicyclic) bond motifs is 1. The van der Waals surface area contributed by atoms with E-state index in [1.165, 1.54) is 34.2 Å². The van der Waals surface area contributed by atoms with Crippen LogP contribution in [0.4, 0.5) is 5.69 Å². The number of benzene rings is 3. The van der Waals surface area contributed by atoms with Crippen molar-refractivity contribution in [3.63, 3.8) is 0 Å². The molecule has 7 heteroatoms. The molecular formula is C25H24N2O4S. The van der Waals surface area contributed by atoms with Crippen LogP contribution >= 0.6 is 0 Å². The molecule has 1 aliphatic rings. The van der Waals surface area contributed by atoms with Crippen molar-refractivity contribution in [3.05, 3.63) is 95.6 Å². The molecule has 0 saturated heterocycles. The molecule has 6 nitrogen and oxygen atoms in total. The molecule has 0 aromatic heterocycles. The summed E-state index contributed by atoms with van der Waals surface area (Å²) in [5.74, 6) is -0.0943. The van der Waals surface area contributed by atoms with Crippen LogP contribution in [0.15, 0.2) is 83.8 Å². The van der Waals surface area contributed by atoms with Gasteiger partial charge in [0.1, 0.15) is 5.75 Å². The van der Waals surface area contributed by atoms with Gasteiger partial charge in [0.05, 0.1) is 4.90 Å². The van der Waals surface area contributed by atoms with Gasteiger partial charge in [0.15, 0.2) is 0 Å². The first kappa shape index (κ1) is 21.8. The highest BCUT2D eigenvalue weighted by molar-refractivity contribution is 7.89. The molecule has 0 atom stereocenters. The second kappa shape index (κ2) is 8.98. The van der Waals surface area contributed by atoms with Crippen molar-refractivity contribution in [2.75, 3.05) is 11.9 Å². The zero-order valence-corrected chi connectivity index (χ0v) is 18.4. The van der Waals surface area contributed by atoms with Gasteiger partial charge in [-0.2, -0.15) is 0 Å². The Kier molecular flexibility index (Phi) is 6.12. The molecule has 0 unspecified atom stereocenters. The lowest BCUT2D eigenvalue weighted by molar-refractivity contribution is -0.113. The summed E-state index contributed by atoms with van der Waals surface area (Å²) in [6.07, 6.45) is 4.44. The number of carbonyl (C=O) groups excluding carboxylic acids is 1. The quantitative estimate of drug-likeness (QED) is 0.565.